The zero-order chi connectivity index (χ0) is 22.4. The molecule has 2 amide bonds. The lowest BCUT2D eigenvalue weighted by Crippen LogP contribution is -2.46. The van der Waals surface area contributed by atoms with E-state index in [1.54, 1.807) is 0 Å². The third-order valence-electron chi connectivity index (χ3n) is 5.60. The van der Waals surface area contributed by atoms with Gasteiger partial charge in [-0.3, -0.25) is 19.4 Å². The lowest BCUT2D eigenvalue weighted by atomic mass is 10.00. The van der Waals surface area contributed by atoms with E-state index in [9.17, 15) is 9.59 Å². The van der Waals surface area contributed by atoms with Crippen LogP contribution in [-0.2, 0) is 9.59 Å². The quantitative estimate of drug-likeness (QED) is 0.748. The Morgan fingerprint density at radius 2 is 1.52 bits per heavy atom. The van der Waals surface area contributed by atoms with Gasteiger partial charge in [0.1, 0.15) is 0 Å². The monoisotopic (exact) mass is 424 g/mol. The molecule has 6 nitrogen and oxygen atoms in total. The lowest BCUT2D eigenvalue weighted by molar-refractivity contribution is -0.124. The number of hydrogen-bond donors (Lipinski definition) is 2. The molecule has 0 spiro atoms. The van der Waals surface area contributed by atoms with Crippen molar-refractivity contribution in [3.63, 3.8) is 0 Å². The molecular weight excluding hydrogens is 388 g/mol. The van der Waals surface area contributed by atoms with Crippen LogP contribution in [0.2, 0.25) is 0 Å². The fourth-order valence-corrected chi connectivity index (χ4v) is 4.20. The summed E-state index contributed by atoms with van der Waals surface area (Å²) in [5, 5.41) is 8.55. The maximum absolute atomic E-state index is 12.7. The normalized spacial score (nSPS) is 17.2. The molecule has 1 atom stereocenters. The van der Waals surface area contributed by atoms with E-state index < -0.39 is 0 Å². The van der Waals surface area contributed by atoms with Gasteiger partial charge in [0.05, 0.1) is 19.1 Å². The van der Waals surface area contributed by atoms with Crippen molar-refractivity contribution in [3.05, 3.63) is 48.0 Å². The molecule has 1 unspecified atom stereocenters. The van der Waals surface area contributed by atoms with Gasteiger partial charge in [-0.2, -0.15) is 0 Å². The molecular formula is C25H36N4O2. The first-order valence-corrected chi connectivity index (χ1v) is 11.2. The number of hydrogen-bond acceptors (Lipinski definition) is 4. The molecule has 2 aromatic rings. The van der Waals surface area contributed by atoms with Crippen LogP contribution in [0.5, 0.6) is 0 Å². The summed E-state index contributed by atoms with van der Waals surface area (Å²) in [6.45, 7) is 12.1. The highest BCUT2D eigenvalue weighted by Gasteiger charge is 2.21. The Balaban J connectivity index is 1.50. The summed E-state index contributed by atoms with van der Waals surface area (Å²) in [7, 11) is 0. The van der Waals surface area contributed by atoms with Crippen molar-refractivity contribution in [2.75, 3.05) is 39.3 Å². The number of benzene rings is 2. The first kappa shape index (κ1) is 23.2. The van der Waals surface area contributed by atoms with Crippen LogP contribution < -0.4 is 10.6 Å². The second-order valence-electron chi connectivity index (χ2n) is 9.56. The van der Waals surface area contributed by atoms with E-state index >= 15 is 0 Å². The van der Waals surface area contributed by atoms with Crippen molar-refractivity contribution in [3.8, 4) is 0 Å². The molecule has 2 N–H and O–H groups in total. The summed E-state index contributed by atoms with van der Waals surface area (Å²) >= 11 is 0. The number of nitrogens with one attached hydrogen (secondary N) is 2. The van der Waals surface area contributed by atoms with Crippen LogP contribution in [0.25, 0.3) is 10.8 Å². The van der Waals surface area contributed by atoms with E-state index in [2.05, 4.69) is 44.7 Å². The smallest absolute Gasteiger partial charge is 0.234 e. The minimum absolute atomic E-state index is 0.0411. The summed E-state index contributed by atoms with van der Waals surface area (Å²) < 4.78 is 0. The third-order valence-corrected chi connectivity index (χ3v) is 5.60. The fourth-order valence-electron chi connectivity index (χ4n) is 4.20. The summed E-state index contributed by atoms with van der Waals surface area (Å²) in [6, 6.07) is 14.4. The van der Waals surface area contributed by atoms with E-state index in [0.29, 0.717) is 13.1 Å². The predicted octanol–water partition coefficient (Wildman–Crippen LogP) is 2.94. The molecule has 3 rings (SSSR count). The van der Waals surface area contributed by atoms with Crippen LogP contribution in [0.3, 0.4) is 0 Å². The molecule has 6 heteroatoms. The summed E-state index contributed by atoms with van der Waals surface area (Å²) in [5.74, 6) is 0.0990. The number of amides is 2. The van der Waals surface area contributed by atoms with Crippen LogP contribution in [0.4, 0.5) is 0 Å². The van der Waals surface area contributed by atoms with Crippen molar-refractivity contribution in [2.24, 2.45) is 0 Å². The maximum atomic E-state index is 12.7. The van der Waals surface area contributed by atoms with Crippen LogP contribution in [-0.4, -0.2) is 66.4 Å². The molecule has 2 aromatic carbocycles. The van der Waals surface area contributed by atoms with Crippen LogP contribution >= 0.6 is 0 Å². The van der Waals surface area contributed by atoms with Crippen molar-refractivity contribution in [1.82, 2.24) is 20.4 Å². The molecule has 0 aliphatic carbocycles. The second-order valence-corrected chi connectivity index (χ2v) is 9.56. The van der Waals surface area contributed by atoms with Crippen molar-refractivity contribution >= 4 is 22.6 Å². The van der Waals surface area contributed by atoms with E-state index in [-0.39, 0.29) is 23.4 Å². The Morgan fingerprint density at radius 1 is 0.903 bits per heavy atom. The molecule has 168 valence electrons. The van der Waals surface area contributed by atoms with Gasteiger partial charge in [-0.15, -0.1) is 0 Å². The standard InChI is InChI=1S/C25H36N4O2/c1-19(21-12-7-10-20-9-5-6-11-22(20)21)26-23(30)17-28-13-8-14-29(16-15-28)18-24(31)27-25(2,3)4/h5-7,9-12,19H,8,13-18H2,1-4H3,(H,26,30)(H,27,31). The SMILES string of the molecule is CC(NC(=O)CN1CCCN(CC(=O)NC(C)(C)C)CC1)c1cccc2ccccc12. The molecule has 1 saturated heterocycles. The maximum Gasteiger partial charge on any atom is 0.234 e. The third kappa shape index (κ3) is 7.04. The van der Waals surface area contributed by atoms with Crippen molar-refractivity contribution < 1.29 is 9.59 Å². The Morgan fingerprint density at radius 3 is 2.19 bits per heavy atom. The van der Waals surface area contributed by atoms with Crippen LogP contribution in [0, 0.1) is 0 Å². The topological polar surface area (TPSA) is 64.7 Å². The molecule has 1 heterocycles. The second kappa shape index (κ2) is 10.2. The molecule has 0 bridgehead atoms. The van der Waals surface area contributed by atoms with Gasteiger partial charge in [-0.25, -0.2) is 0 Å². The van der Waals surface area contributed by atoms with Crippen molar-refractivity contribution in [2.45, 2.75) is 45.7 Å². The average Bonchev–Trinajstić information content (AvgIpc) is 2.91. The van der Waals surface area contributed by atoms with Gasteiger partial charge in [-0.1, -0.05) is 42.5 Å². The van der Waals surface area contributed by atoms with Crippen LogP contribution in [0.1, 0.15) is 45.7 Å². The van der Waals surface area contributed by atoms with Gasteiger partial charge in [0.2, 0.25) is 11.8 Å². The predicted molar refractivity (Wildman–Crippen MR) is 126 cm³/mol. The highest BCUT2D eigenvalue weighted by atomic mass is 16.2. The average molecular weight is 425 g/mol. The van der Waals surface area contributed by atoms with Gasteiger partial charge in [0.15, 0.2) is 0 Å². The molecule has 0 radical (unpaired) electrons. The number of nitrogens with zero attached hydrogens (tertiary/aromatic N) is 2. The van der Waals surface area contributed by atoms with Gasteiger partial charge < -0.3 is 10.6 Å². The number of carbonyl (C=O) groups excluding carboxylic acids is 2. The van der Waals surface area contributed by atoms with E-state index in [1.807, 2.05) is 45.9 Å². The molecule has 1 fully saturated rings. The number of rotatable bonds is 6. The molecule has 1 aliphatic heterocycles. The largest absolute Gasteiger partial charge is 0.350 e. The van der Waals surface area contributed by atoms with E-state index in [0.717, 1.165) is 38.2 Å². The Hall–Kier alpha value is -2.44. The number of carbonyl (C=O) groups is 2. The first-order chi connectivity index (χ1) is 14.7. The minimum atomic E-state index is -0.214. The summed E-state index contributed by atoms with van der Waals surface area (Å²) in [5.41, 5.74) is 0.923. The Kier molecular flexibility index (Phi) is 7.68. The molecule has 1 aliphatic rings. The number of fused-ring (bicyclic) bond motifs is 1. The highest BCUT2D eigenvalue weighted by molar-refractivity contribution is 5.87. The van der Waals surface area contributed by atoms with Crippen molar-refractivity contribution in [1.29, 1.82) is 0 Å². The van der Waals surface area contributed by atoms with Gasteiger partial charge >= 0.3 is 0 Å². The van der Waals surface area contributed by atoms with E-state index in [4.69, 9.17) is 0 Å². The van der Waals surface area contributed by atoms with E-state index in [1.165, 1.54) is 10.8 Å². The minimum Gasteiger partial charge on any atom is -0.350 e. The summed E-state index contributed by atoms with van der Waals surface area (Å²) in [4.78, 5) is 29.3. The molecule has 0 saturated carbocycles. The Labute approximate surface area is 186 Å². The Bertz CT molecular complexity index is 901. The lowest BCUT2D eigenvalue weighted by Gasteiger charge is -2.25. The zero-order valence-corrected chi connectivity index (χ0v) is 19.3. The van der Waals surface area contributed by atoms with Gasteiger partial charge in [0, 0.05) is 18.6 Å². The molecule has 31 heavy (non-hydrogen) atoms. The molecule has 0 aromatic heterocycles. The zero-order valence-electron chi connectivity index (χ0n) is 19.3. The summed E-state index contributed by atoms with van der Waals surface area (Å²) in [6.07, 6.45) is 0.953. The highest BCUT2D eigenvalue weighted by Crippen LogP contribution is 2.24. The van der Waals surface area contributed by atoms with Gasteiger partial charge in [-0.05, 0) is 63.5 Å². The van der Waals surface area contributed by atoms with Gasteiger partial charge in [0.25, 0.3) is 0 Å². The first-order valence-electron chi connectivity index (χ1n) is 11.2. The fraction of sp³-hybridized carbons (Fsp3) is 0.520. The van der Waals surface area contributed by atoms with Crippen LogP contribution in [0.15, 0.2) is 42.5 Å².